The first-order valence-electron chi connectivity index (χ1n) is 6.28. The van der Waals surface area contributed by atoms with Crippen molar-refractivity contribution in [1.29, 1.82) is 0 Å². The Morgan fingerprint density at radius 1 is 1.41 bits per heavy atom. The third-order valence-electron chi connectivity index (χ3n) is 3.45. The van der Waals surface area contributed by atoms with Gasteiger partial charge in [-0.2, -0.15) is 0 Å². The van der Waals surface area contributed by atoms with Gasteiger partial charge in [-0.15, -0.1) is 0 Å². The second kappa shape index (κ2) is 5.32. The van der Waals surface area contributed by atoms with Crippen LogP contribution < -0.4 is 10.6 Å². The predicted molar refractivity (Wildman–Crippen MR) is 70.0 cm³/mol. The number of benzene rings is 1. The molecule has 0 aliphatic carbocycles. The van der Waals surface area contributed by atoms with Crippen molar-refractivity contribution in [2.75, 3.05) is 11.9 Å². The van der Waals surface area contributed by atoms with Gasteiger partial charge >= 0.3 is 0 Å². The molecule has 1 aromatic rings. The van der Waals surface area contributed by atoms with Crippen LogP contribution in [-0.4, -0.2) is 18.5 Å². The molecule has 3 heteroatoms. The third-order valence-corrected chi connectivity index (χ3v) is 3.45. The summed E-state index contributed by atoms with van der Waals surface area (Å²) in [5.74, 6) is 0.499. The molecular weight excluding hydrogens is 212 g/mol. The second-order valence-corrected chi connectivity index (χ2v) is 4.86. The summed E-state index contributed by atoms with van der Waals surface area (Å²) in [6.07, 6.45) is 2.29. The molecule has 3 nitrogen and oxygen atoms in total. The summed E-state index contributed by atoms with van der Waals surface area (Å²) in [5.41, 5.74) is 2.02. The highest BCUT2D eigenvalue weighted by Crippen LogP contribution is 2.19. The van der Waals surface area contributed by atoms with E-state index in [1.54, 1.807) is 0 Å². The number of nitrogens with one attached hydrogen (secondary N) is 2. The Kier molecular flexibility index (Phi) is 3.79. The van der Waals surface area contributed by atoms with Crippen LogP contribution >= 0.6 is 0 Å². The number of carbonyl (C=O) groups is 1. The number of rotatable bonds is 2. The van der Waals surface area contributed by atoms with Crippen LogP contribution in [0.15, 0.2) is 24.3 Å². The Balaban J connectivity index is 2.03. The van der Waals surface area contributed by atoms with E-state index in [4.69, 9.17) is 0 Å². The van der Waals surface area contributed by atoms with Gasteiger partial charge in [-0.1, -0.05) is 25.1 Å². The molecule has 1 aliphatic rings. The molecule has 1 amide bonds. The quantitative estimate of drug-likeness (QED) is 0.821. The van der Waals surface area contributed by atoms with Crippen molar-refractivity contribution in [2.45, 2.75) is 32.7 Å². The number of amides is 1. The Labute approximate surface area is 103 Å². The predicted octanol–water partition coefficient (Wildman–Crippen LogP) is 2.32. The van der Waals surface area contributed by atoms with E-state index in [1.165, 1.54) is 0 Å². The lowest BCUT2D eigenvalue weighted by Crippen LogP contribution is -2.48. The smallest absolute Gasteiger partial charge is 0.241 e. The summed E-state index contributed by atoms with van der Waals surface area (Å²) >= 11 is 0. The maximum Gasteiger partial charge on any atom is 0.241 e. The number of hydrogen-bond donors (Lipinski definition) is 2. The van der Waals surface area contributed by atoms with Gasteiger partial charge in [-0.05, 0) is 43.9 Å². The van der Waals surface area contributed by atoms with Crippen LogP contribution in [0.3, 0.4) is 0 Å². The van der Waals surface area contributed by atoms with E-state index in [2.05, 4.69) is 17.6 Å². The van der Waals surface area contributed by atoms with Gasteiger partial charge in [-0.3, -0.25) is 4.79 Å². The van der Waals surface area contributed by atoms with E-state index in [1.807, 2.05) is 31.2 Å². The molecule has 1 saturated heterocycles. The number of hydrogen-bond acceptors (Lipinski definition) is 2. The molecule has 2 N–H and O–H groups in total. The summed E-state index contributed by atoms with van der Waals surface area (Å²) in [6.45, 7) is 5.08. The van der Waals surface area contributed by atoms with Crippen molar-refractivity contribution >= 4 is 11.6 Å². The average Bonchev–Trinajstić information content (AvgIpc) is 2.32. The number of piperidine rings is 1. The topological polar surface area (TPSA) is 41.1 Å². The van der Waals surface area contributed by atoms with Crippen LogP contribution in [0, 0.1) is 12.8 Å². The molecule has 0 bridgehead atoms. The van der Waals surface area contributed by atoms with Crippen molar-refractivity contribution in [3.05, 3.63) is 29.8 Å². The monoisotopic (exact) mass is 232 g/mol. The molecule has 17 heavy (non-hydrogen) atoms. The van der Waals surface area contributed by atoms with Gasteiger partial charge in [-0.25, -0.2) is 0 Å². The Hall–Kier alpha value is -1.35. The fourth-order valence-corrected chi connectivity index (χ4v) is 2.32. The van der Waals surface area contributed by atoms with Crippen LogP contribution in [0.2, 0.25) is 0 Å². The molecule has 2 unspecified atom stereocenters. The van der Waals surface area contributed by atoms with Gasteiger partial charge in [0.1, 0.15) is 0 Å². The standard InChI is InChI=1S/C14H20N2O/c1-10-6-3-4-8-12(10)16-14(17)13-11(2)7-5-9-15-13/h3-4,6,8,11,13,15H,5,7,9H2,1-2H3,(H,16,17). The maximum atomic E-state index is 12.2. The van der Waals surface area contributed by atoms with Gasteiger partial charge in [0.05, 0.1) is 6.04 Å². The minimum Gasteiger partial charge on any atom is -0.324 e. The maximum absolute atomic E-state index is 12.2. The first kappa shape index (κ1) is 12.1. The summed E-state index contributed by atoms with van der Waals surface area (Å²) in [7, 11) is 0. The molecule has 0 spiro atoms. The van der Waals surface area contributed by atoms with Crippen LogP contribution in [-0.2, 0) is 4.79 Å². The summed E-state index contributed by atoms with van der Waals surface area (Å²) in [4.78, 5) is 12.2. The highest BCUT2D eigenvalue weighted by atomic mass is 16.2. The fraction of sp³-hybridized carbons (Fsp3) is 0.500. The van der Waals surface area contributed by atoms with Gasteiger partial charge < -0.3 is 10.6 Å². The number of carbonyl (C=O) groups excluding carboxylic acids is 1. The normalized spacial score (nSPS) is 24.4. The summed E-state index contributed by atoms with van der Waals surface area (Å²) in [5, 5.41) is 6.31. The highest BCUT2D eigenvalue weighted by Gasteiger charge is 2.27. The molecule has 0 saturated carbocycles. The van der Waals surface area contributed by atoms with E-state index in [0.29, 0.717) is 5.92 Å². The van der Waals surface area contributed by atoms with Crippen molar-refractivity contribution in [2.24, 2.45) is 5.92 Å². The number of aryl methyl sites for hydroxylation is 1. The highest BCUT2D eigenvalue weighted by molar-refractivity contribution is 5.95. The van der Waals surface area contributed by atoms with Gasteiger partial charge in [0.25, 0.3) is 0 Å². The first-order valence-corrected chi connectivity index (χ1v) is 6.28. The zero-order valence-electron chi connectivity index (χ0n) is 10.5. The van der Waals surface area contributed by atoms with Crippen molar-refractivity contribution < 1.29 is 4.79 Å². The Morgan fingerprint density at radius 2 is 2.18 bits per heavy atom. The molecule has 0 radical (unpaired) electrons. The van der Waals surface area contributed by atoms with Crippen LogP contribution in [0.25, 0.3) is 0 Å². The number of anilines is 1. The van der Waals surface area contributed by atoms with Crippen molar-refractivity contribution in [3.63, 3.8) is 0 Å². The minimum absolute atomic E-state index is 0.0524. The zero-order valence-corrected chi connectivity index (χ0v) is 10.5. The molecular formula is C14H20N2O. The molecule has 2 rings (SSSR count). The van der Waals surface area contributed by atoms with Gasteiger partial charge in [0, 0.05) is 5.69 Å². The van der Waals surface area contributed by atoms with Crippen LogP contribution in [0.5, 0.6) is 0 Å². The van der Waals surface area contributed by atoms with Crippen molar-refractivity contribution in [1.82, 2.24) is 5.32 Å². The van der Waals surface area contributed by atoms with Crippen LogP contribution in [0.1, 0.15) is 25.3 Å². The largest absolute Gasteiger partial charge is 0.324 e. The minimum atomic E-state index is -0.0524. The van der Waals surface area contributed by atoms with E-state index in [0.717, 1.165) is 30.6 Å². The van der Waals surface area contributed by atoms with E-state index < -0.39 is 0 Å². The van der Waals surface area contributed by atoms with E-state index in [9.17, 15) is 4.79 Å². The van der Waals surface area contributed by atoms with E-state index in [-0.39, 0.29) is 11.9 Å². The second-order valence-electron chi connectivity index (χ2n) is 4.86. The summed E-state index contributed by atoms with van der Waals surface area (Å²) < 4.78 is 0. The molecule has 1 heterocycles. The lowest BCUT2D eigenvalue weighted by molar-refractivity contribution is -0.119. The molecule has 92 valence electrons. The lowest BCUT2D eigenvalue weighted by atomic mass is 9.92. The SMILES string of the molecule is Cc1ccccc1NC(=O)C1NCCCC1C. The molecule has 2 atom stereocenters. The van der Waals surface area contributed by atoms with Crippen LogP contribution in [0.4, 0.5) is 5.69 Å². The van der Waals surface area contributed by atoms with Gasteiger partial charge in [0.15, 0.2) is 0 Å². The first-order chi connectivity index (χ1) is 8.18. The number of para-hydroxylation sites is 1. The van der Waals surface area contributed by atoms with E-state index >= 15 is 0 Å². The molecule has 1 fully saturated rings. The third kappa shape index (κ3) is 2.86. The summed E-state index contributed by atoms with van der Waals surface area (Å²) in [6, 6.07) is 7.82. The Bertz CT molecular complexity index is 403. The molecule has 1 aliphatic heterocycles. The Morgan fingerprint density at radius 3 is 2.88 bits per heavy atom. The average molecular weight is 232 g/mol. The molecule has 0 aromatic heterocycles. The fourth-order valence-electron chi connectivity index (χ4n) is 2.32. The molecule has 1 aromatic carbocycles. The lowest BCUT2D eigenvalue weighted by Gasteiger charge is -2.29. The zero-order chi connectivity index (χ0) is 12.3. The van der Waals surface area contributed by atoms with Crippen molar-refractivity contribution in [3.8, 4) is 0 Å². The van der Waals surface area contributed by atoms with Gasteiger partial charge in [0.2, 0.25) is 5.91 Å².